The highest BCUT2D eigenvalue weighted by atomic mass is 16.2. The second-order valence-corrected chi connectivity index (χ2v) is 5.14. The average molecular weight is 233 g/mol. The Hall–Kier alpha value is -1.35. The number of hydrogen-bond donors (Lipinski definition) is 2. The van der Waals surface area contributed by atoms with Crippen LogP contribution in [0.4, 0.5) is 5.69 Å². The number of benzene rings is 1. The normalized spacial score (nSPS) is 16.8. The van der Waals surface area contributed by atoms with Gasteiger partial charge in [-0.05, 0) is 50.3 Å². The molecule has 0 saturated heterocycles. The zero-order chi connectivity index (χ0) is 12.5. The van der Waals surface area contributed by atoms with E-state index < -0.39 is 5.41 Å². The lowest BCUT2D eigenvalue weighted by Crippen LogP contribution is -2.26. The van der Waals surface area contributed by atoms with Crippen LogP contribution in [-0.4, -0.2) is 17.6 Å². The first kappa shape index (κ1) is 12.1. The quantitative estimate of drug-likeness (QED) is 0.783. The van der Waals surface area contributed by atoms with Gasteiger partial charge in [0, 0.05) is 12.3 Å². The maximum absolute atomic E-state index is 11.8. The molecule has 3 heteroatoms. The standard InChI is InChI=1S/C14H19NO2/c1-14(2)11-9-10(5-3-4-8-16)6-7-12(11)15-13(14)17/h6-7,9,16H,3-5,8H2,1-2H3,(H,15,17). The van der Waals surface area contributed by atoms with Crippen LogP contribution in [0.15, 0.2) is 18.2 Å². The van der Waals surface area contributed by atoms with Gasteiger partial charge < -0.3 is 10.4 Å². The first-order chi connectivity index (χ1) is 8.05. The van der Waals surface area contributed by atoms with E-state index in [0.717, 1.165) is 30.5 Å². The molecule has 1 heterocycles. The Kier molecular flexibility index (Phi) is 3.20. The van der Waals surface area contributed by atoms with Crippen molar-refractivity contribution in [2.75, 3.05) is 11.9 Å². The zero-order valence-corrected chi connectivity index (χ0v) is 10.4. The highest BCUT2D eigenvalue weighted by molar-refractivity contribution is 6.05. The zero-order valence-electron chi connectivity index (χ0n) is 10.4. The number of fused-ring (bicyclic) bond motifs is 1. The summed E-state index contributed by atoms with van der Waals surface area (Å²) in [6, 6.07) is 6.15. The van der Waals surface area contributed by atoms with E-state index >= 15 is 0 Å². The van der Waals surface area contributed by atoms with E-state index in [1.165, 1.54) is 5.56 Å². The third-order valence-corrected chi connectivity index (χ3v) is 3.45. The number of unbranched alkanes of at least 4 members (excludes halogenated alkanes) is 1. The smallest absolute Gasteiger partial charge is 0.234 e. The number of anilines is 1. The molecule has 92 valence electrons. The molecule has 1 aromatic carbocycles. The molecular formula is C14H19NO2. The van der Waals surface area contributed by atoms with E-state index in [-0.39, 0.29) is 12.5 Å². The summed E-state index contributed by atoms with van der Waals surface area (Å²) in [5.74, 6) is 0.0695. The molecule has 0 saturated carbocycles. The molecule has 0 bridgehead atoms. The lowest BCUT2D eigenvalue weighted by Gasteiger charge is -2.15. The number of hydrogen-bond acceptors (Lipinski definition) is 2. The van der Waals surface area contributed by atoms with E-state index in [0.29, 0.717) is 0 Å². The molecule has 1 aliphatic rings. The van der Waals surface area contributed by atoms with Gasteiger partial charge in [0.05, 0.1) is 5.41 Å². The summed E-state index contributed by atoms with van der Waals surface area (Å²) in [6.07, 6.45) is 2.77. The van der Waals surface area contributed by atoms with Crippen molar-refractivity contribution in [2.24, 2.45) is 0 Å². The van der Waals surface area contributed by atoms with Gasteiger partial charge in [-0.1, -0.05) is 12.1 Å². The molecule has 0 unspecified atom stereocenters. The molecule has 1 aromatic rings. The van der Waals surface area contributed by atoms with Gasteiger partial charge in [-0.3, -0.25) is 4.79 Å². The van der Waals surface area contributed by atoms with Gasteiger partial charge >= 0.3 is 0 Å². The summed E-state index contributed by atoms with van der Waals surface area (Å²) < 4.78 is 0. The van der Waals surface area contributed by atoms with E-state index in [1.807, 2.05) is 19.9 Å². The number of amides is 1. The van der Waals surface area contributed by atoms with Crippen LogP contribution in [0.2, 0.25) is 0 Å². The number of aryl methyl sites for hydroxylation is 1. The molecule has 0 spiro atoms. The van der Waals surface area contributed by atoms with Crippen molar-refractivity contribution in [1.29, 1.82) is 0 Å². The third-order valence-electron chi connectivity index (χ3n) is 3.45. The predicted molar refractivity (Wildman–Crippen MR) is 68.1 cm³/mol. The number of aliphatic hydroxyl groups excluding tert-OH is 1. The molecule has 0 aromatic heterocycles. The molecule has 0 aliphatic carbocycles. The van der Waals surface area contributed by atoms with Gasteiger partial charge in [-0.2, -0.15) is 0 Å². The van der Waals surface area contributed by atoms with Gasteiger partial charge in [0.25, 0.3) is 0 Å². The molecule has 0 fully saturated rings. The van der Waals surface area contributed by atoms with E-state index in [2.05, 4.69) is 17.4 Å². The number of aliphatic hydroxyl groups is 1. The first-order valence-corrected chi connectivity index (χ1v) is 6.11. The Morgan fingerprint density at radius 1 is 1.29 bits per heavy atom. The monoisotopic (exact) mass is 233 g/mol. The van der Waals surface area contributed by atoms with Gasteiger partial charge in [-0.15, -0.1) is 0 Å². The van der Waals surface area contributed by atoms with Gasteiger partial charge in [0.1, 0.15) is 0 Å². The maximum atomic E-state index is 11.8. The van der Waals surface area contributed by atoms with Crippen LogP contribution in [0.25, 0.3) is 0 Å². The lowest BCUT2D eigenvalue weighted by molar-refractivity contribution is -0.119. The van der Waals surface area contributed by atoms with Crippen molar-refractivity contribution >= 4 is 11.6 Å². The predicted octanol–water partition coefficient (Wildman–Crippen LogP) is 2.23. The van der Waals surface area contributed by atoms with Crippen molar-refractivity contribution in [3.05, 3.63) is 29.3 Å². The molecule has 1 amide bonds. The molecule has 2 N–H and O–H groups in total. The topological polar surface area (TPSA) is 49.3 Å². The molecule has 2 rings (SSSR count). The Morgan fingerprint density at radius 2 is 2.06 bits per heavy atom. The average Bonchev–Trinajstić information content (AvgIpc) is 2.51. The Morgan fingerprint density at radius 3 is 2.76 bits per heavy atom. The molecule has 0 radical (unpaired) electrons. The van der Waals surface area contributed by atoms with Crippen molar-refractivity contribution in [2.45, 2.75) is 38.5 Å². The van der Waals surface area contributed by atoms with Crippen molar-refractivity contribution < 1.29 is 9.90 Å². The van der Waals surface area contributed by atoms with Crippen LogP contribution < -0.4 is 5.32 Å². The van der Waals surface area contributed by atoms with E-state index in [4.69, 9.17) is 5.11 Å². The molecule has 3 nitrogen and oxygen atoms in total. The fraction of sp³-hybridized carbons (Fsp3) is 0.500. The van der Waals surface area contributed by atoms with Crippen molar-refractivity contribution in [3.63, 3.8) is 0 Å². The molecule has 1 aliphatic heterocycles. The van der Waals surface area contributed by atoms with Gasteiger partial charge in [-0.25, -0.2) is 0 Å². The van der Waals surface area contributed by atoms with Gasteiger partial charge in [0.2, 0.25) is 5.91 Å². The summed E-state index contributed by atoms with van der Waals surface area (Å²) >= 11 is 0. The number of carbonyl (C=O) groups excluding carboxylic acids is 1. The highest BCUT2D eigenvalue weighted by Crippen LogP contribution is 2.37. The molecular weight excluding hydrogens is 214 g/mol. The minimum absolute atomic E-state index is 0.0695. The minimum atomic E-state index is -0.428. The van der Waals surface area contributed by atoms with Crippen LogP contribution in [0.5, 0.6) is 0 Å². The van der Waals surface area contributed by atoms with Crippen molar-refractivity contribution in [1.82, 2.24) is 0 Å². The first-order valence-electron chi connectivity index (χ1n) is 6.11. The third kappa shape index (κ3) is 2.20. The lowest BCUT2D eigenvalue weighted by atomic mass is 9.85. The molecule has 17 heavy (non-hydrogen) atoms. The van der Waals surface area contributed by atoms with E-state index in [9.17, 15) is 4.79 Å². The largest absolute Gasteiger partial charge is 0.396 e. The number of carbonyl (C=O) groups is 1. The minimum Gasteiger partial charge on any atom is -0.396 e. The fourth-order valence-electron chi connectivity index (χ4n) is 2.21. The summed E-state index contributed by atoms with van der Waals surface area (Å²) in [6.45, 7) is 4.15. The van der Waals surface area contributed by atoms with Crippen LogP contribution in [0, 0.1) is 0 Å². The van der Waals surface area contributed by atoms with E-state index in [1.54, 1.807) is 0 Å². The SMILES string of the molecule is CC1(C)C(=O)Nc2ccc(CCCCO)cc21. The Balaban J connectivity index is 2.20. The van der Waals surface area contributed by atoms with Crippen LogP contribution in [-0.2, 0) is 16.6 Å². The highest BCUT2D eigenvalue weighted by Gasteiger charge is 2.38. The van der Waals surface area contributed by atoms with Gasteiger partial charge in [0.15, 0.2) is 0 Å². The summed E-state index contributed by atoms with van der Waals surface area (Å²) in [5.41, 5.74) is 2.83. The van der Waals surface area contributed by atoms with Crippen LogP contribution in [0.3, 0.4) is 0 Å². The van der Waals surface area contributed by atoms with Crippen LogP contribution >= 0.6 is 0 Å². The summed E-state index contributed by atoms with van der Waals surface area (Å²) in [7, 11) is 0. The number of rotatable bonds is 4. The number of nitrogens with one attached hydrogen (secondary N) is 1. The summed E-state index contributed by atoms with van der Waals surface area (Å²) in [5, 5.41) is 11.7. The Labute approximate surface area is 102 Å². The maximum Gasteiger partial charge on any atom is 0.234 e. The second kappa shape index (κ2) is 4.49. The summed E-state index contributed by atoms with van der Waals surface area (Å²) in [4.78, 5) is 11.8. The molecule has 0 atom stereocenters. The fourth-order valence-corrected chi connectivity index (χ4v) is 2.21. The van der Waals surface area contributed by atoms with Crippen LogP contribution in [0.1, 0.15) is 37.8 Å². The van der Waals surface area contributed by atoms with Crippen molar-refractivity contribution in [3.8, 4) is 0 Å². The Bertz CT molecular complexity index is 438. The second-order valence-electron chi connectivity index (χ2n) is 5.14.